The Balaban J connectivity index is 1.01. The van der Waals surface area contributed by atoms with Crippen molar-refractivity contribution in [3.05, 3.63) is 59.2 Å². The minimum atomic E-state index is -0.728. The van der Waals surface area contributed by atoms with Crippen LogP contribution < -0.4 is 15.4 Å². The number of rotatable bonds is 9. The molecule has 5 rings (SSSR count). The molecule has 3 N–H and O–H groups in total. The number of amides is 2. The number of benzene rings is 2. The van der Waals surface area contributed by atoms with Gasteiger partial charge in [-0.1, -0.05) is 12.1 Å². The third-order valence-corrected chi connectivity index (χ3v) is 8.57. The lowest BCUT2D eigenvalue weighted by molar-refractivity contribution is -0.143. The molecule has 36 heavy (non-hydrogen) atoms. The lowest BCUT2D eigenvalue weighted by atomic mass is 9.87. The van der Waals surface area contributed by atoms with Crippen LogP contribution in [0.3, 0.4) is 0 Å². The predicted octanol–water partition coefficient (Wildman–Crippen LogP) is 4.15. The molecule has 1 heterocycles. The lowest BCUT2D eigenvalue weighted by Crippen LogP contribution is -2.38. The van der Waals surface area contributed by atoms with E-state index < -0.39 is 5.97 Å². The summed E-state index contributed by atoms with van der Waals surface area (Å²) >= 11 is 1.62. The first kappa shape index (κ1) is 24.7. The van der Waals surface area contributed by atoms with Crippen LogP contribution in [0, 0.1) is 5.92 Å². The average molecular weight is 509 g/mol. The Bertz CT molecular complexity index is 1120. The SMILES string of the molecule is O=C(NCCNC(=O)C1Cc2cc(C3CC3)ccc2S1)c1ccc(OC2CCC(C(=O)O)CC2)cc1. The van der Waals surface area contributed by atoms with Crippen LogP contribution >= 0.6 is 11.8 Å². The van der Waals surface area contributed by atoms with E-state index in [0.717, 1.165) is 19.3 Å². The molecule has 1 unspecified atom stereocenters. The summed E-state index contributed by atoms with van der Waals surface area (Å²) in [6.45, 7) is 0.733. The first-order chi connectivity index (χ1) is 17.5. The highest BCUT2D eigenvalue weighted by atomic mass is 32.2. The molecule has 2 aromatic rings. The summed E-state index contributed by atoms with van der Waals surface area (Å²) in [5.41, 5.74) is 3.20. The zero-order valence-corrected chi connectivity index (χ0v) is 21.0. The molecular weight excluding hydrogens is 476 g/mol. The molecule has 0 radical (unpaired) electrons. The molecule has 3 aliphatic rings. The van der Waals surface area contributed by atoms with E-state index in [1.165, 1.54) is 28.9 Å². The number of hydrogen-bond acceptors (Lipinski definition) is 5. The summed E-state index contributed by atoms with van der Waals surface area (Å²) in [5, 5.41) is 14.8. The van der Waals surface area contributed by atoms with Crippen molar-refractivity contribution in [3.8, 4) is 5.75 Å². The molecule has 190 valence electrons. The Morgan fingerprint density at radius 1 is 0.917 bits per heavy atom. The number of carbonyl (C=O) groups is 3. The van der Waals surface area contributed by atoms with Crippen molar-refractivity contribution < 1.29 is 24.2 Å². The smallest absolute Gasteiger partial charge is 0.306 e. The Kier molecular flexibility index (Phi) is 7.51. The van der Waals surface area contributed by atoms with Gasteiger partial charge in [0.25, 0.3) is 5.91 Å². The van der Waals surface area contributed by atoms with Gasteiger partial charge in [-0.3, -0.25) is 14.4 Å². The van der Waals surface area contributed by atoms with Crippen LogP contribution in [0.15, 0.2) is 47.4 Å². The highest BCUT2D eigenvalue weighted by Gasteiger charge is 2.31. The van der Waals surface area contributed by atoms with Crippen LogP contribution in [0.25, 0.3) is 0 Å². The van der Waals surface area contributed by atoms with Gasteiger partial charge in [0.2, 0.25) is 5.91 Å². The monoisotopic (exact) mass is 508 g/mol. The number of fused-ring (bicyclic) bond motifs is 1. The lowest BCUT2D eigenvalue weighted by Gasteiger charge is -2.26. The van der Waals surface area contributed by atoms with Crippen LogP contribution in [-0.2, 0) is 16.0 Å². The van der Waals surface area contributed by atoms with Crippen LogP contribution in [0.4, 0.5) is 0 Å². The predicted molar refractivity (Wildman–Crippen MR) is 138 cm³/mol. The van der Waals surface area contributed by atoms with Gasteiger partial charge in [-0.15, -0.1) is 11.8 Å². The molecule has 0 aromatic heterocycles. The fraction of sp³-hybridized carbons (Fsp3) is 0.464. The molecule has 8 heteroatoms. The maximum absolute atomic E-state index is 12.6. The van der Waals surface area contributed by atoms with E-state index in [9.17, 15) is 14.4 Å². The van der Waals surface area contributed by atoms with Crippen molar-refractivity contribution in [2.75, 3.05) is 13.1 Å². The van der Waals surface area contributed by atoms with Gasteiger partial charge >= 0.3 is 5.97 Å². The molecule has 0 saturated heterocycles. The van der Waals surface area contributed by atoms with Crippen LogP contribution in [0.5, 0.6) is 5.75 Å². The van der Waals surface area contributed by atoms with Crippen molar-refractivity contribution in [2.45, 2.75) is 67.1 Å². The van der Waals surface area contributed by atoms with Crippen LogP contribution in [0.1, 0.15) is 65.9 Å². The highest BCUT2D eigenvalue weighted by Crippen LogP contribution is 2.44. The van der Waals surface area contributed by atoms with Crippen molar-refractivity contribution in [1.29, 1.82) is 0 Å². The second kappa shape index (κ2) is 10.9. The summed E-state index contributed by atoms with van der Waals surface area (Å²) < 4.78 is 5.96. The number of ether oxygens (including phenoxy) is 1. The van der Waals surface area contributed by atoms with Crippen LogP contribution in [0.2, 0.25) is 0 Å². The highest BCUT2D eigenvalue weighted by molar-refractivity contribution is 8.01. The number of hydrogen-bond donors (Lipinski definition) is 3. The Hall–Kier alpha value is -3.00. The van der Waals surface area contributed by atoms with E-state index in [0.29, 0.717) is 43.2 Å². The first-order valence-electron chi connectivity index (χ1n) is 12.8. The summed E-state index contributed by atoms with van der Waals surface area (Å²) in [5.74, 6) is 0.205. The first-order valence-corrected chi connectivity index (χ1v) is 13.7. The largest absolute Gasteiger partial charge is 0.490 e. The molecular formula is C28H32N2O5S. The quantitative estimate of drug-likeness (QED) is 0.440. The van der Waals surface area contributed by atoms with Gasteiger partial charge in [0.1, 0.15) is 5.75 Å². The van der Waals surface area contributed by atoms with E-state index in [1.54, 1.807) is 36.0 Å². The molecule has 7 nitrogen and oxygen atoms in total. The number of thioether (sulfide) groups is 1. The molecule has 0 spiro atoms. The molecule has 0 bridgehead atoms. The second-order valence-corrected chi connectivity index (χ2v) is 11.2. The zero-order valence-electron chi connectivity index (χ0n) is 20.2. The minimum Gasteiger partial charge on any atom is -0.490 e. The van der Waals surface area contributed by atoms with Gasteiger partial charge in [0.05, 0.1) is 17.3 Å². The number of carboxylic acids is 1. The molecule has 1 atom stereocenters. The molecule has 2 aliphatic carbocycles. The Morgan fingerprint density at radius 3 is 2.33 bits per heavy atom. The van der Waals surface area contributed by atoms with Gasteiger partial charge in [0, 0.05) is 23.5 Å². The number of carboxylic acid groups (broad SMARTS) is 1. The second-order valence-electron chi connectivity index (χ2n) is 9.95. The normalized spacial score (nSPS) is 22.9. The average Bonchev–Trinajstić information content (AvgIpc) is 3.65. The standard InChI is InChI=1S/C28H32N2O5S/c31-26(18-3-8-22(9-4-18)35-23-10-5-19(6-11-23)28(33)34)29-13-14-30-27(32)25-16-21-15-20(17-1-2-17)7-12-24(21)36-25/h3-4,7-9,12,15,17,19,23,25H,1-2,5-6,10-11,13-14,16H2,(H,29,31)(H,30,32)(H,33,34). The van der Waals surface area contributed by atoms with Gasteiger partial charge in [-0.2, -0.15) is 0 Å². The van der Waals surface area contributed by atoms with E-state index in [1.807, 2.05) is 0 Å². The van der Waals surface area contributed by atoms with Gasteiger partial charge < -0.3 is 20.5 Å². The van der Waals surface area contributed by atoms with Gasteiger partial charge in [-0.25, -0.2) is 0 Å². The van der Waals surface area contributed by atoms with Crippen LogP contribution in [-0.4, -0.2) is 47.3 Å². The van der Waals surface area contributed by atoms with Gasteiger partial charge in [0.15, 0.2) is 0 Å². The van der Waals surface area contributed by atoms with E-state index in [-0.39, 0.29) is 29.1 Å². The summed E-state index contributed by atoms with van der Waals surface area (Å²) in [6, 6.07) is 13.6. The summed E-state index contributed by atoms with van der Waals surface area (Å²) in [4.78, 5) is 37.4. The Morgan fingerprint density at radius 2 is 1.64 bits per heavy atom. The molecule has 2 amide bonds. The molecule has 2 saturated carbocycles. The van der Waals surface area contributed by atoms with Crippen molar-refractivity contribution in [2.24, 2.45) is 5.92 Å². The number of nitrogens with one attached hydrogen (secondary N) is 2. The number of aliphatic carboxylic acids is 1. The van der Waals surface area contributed by atoms with E-state index in [2.05, 4.69) is 28.8 Å². The third-order valence-electron chi connectivity index (χ3n) is 7.25. The Labute approximate surface area is 215 Å². The third kappa shape index (κ3) is 6.03. The van der Waals surface area contributed by atoms with Crippen molar-refractivity contribution in [1.82, 2.24) is 10.6 Å². The molecule has 2 aromatic carbocycles. The van der Waals surface area contributed by atoms with Gasteiger partial charge in [-0.05, 0) is 92.3 Å². The number of carbonyl (C=O) groups excluding carboxylic acids is 2. The summed E-state index contributed by atoms with van der Waals surface area (Å²) in [6.07, 6.45) is 6.02. The molecule has 1 aliphatic heterocycles. The fourth-order valence-electron chi connectivity index (χ4n) is 4.97. The zero-order chi connectivity index (χ0) is 25.1. The van der Waals surface area contributed by atoms with E-state index >= 15 is 0 Å². The van der Waals surface area contributed by atoms with E-state index in [4.69, 9.17) is 9.84 Å². The molecule has 2 fully saturated rings. The van der Waals surface area contributed by atoms with Crippen molar-refractivity contribution in [3.63, 3.8) is 0 Å². The summed E-state index contributed by atoms with van der Waals surface area (Å²) in [7, 11) is 0. The fourth-order valence-corrected chi connectivity index (χ4v) is 6.17. The maximum Gasteiger partial charge on any atom is 0.306 e. The topological polar surface area (TPSA) is 105 Å². The maximum atomic E-state index is 12.6. The van der Waals surface area contributed by atoms with Crippen molar-refractivity contribution >= 4 is 29.5 Å². The minimum absolute atomic E-state index is 0.00922.